The van der Waals surface area contributed by atoms with E-state index in [0.717, 1.165) is 17.5 Å². The minimum absolute atomic E-state index is 0.170. The van der Waals surface area contributed by atoms with Crippen LogP contribution in [0, 0.1) is 18.3 Å². The van der Waals surface area contributed by atoms with Crippen LogP contribution >= 0.6 is 0 Å². The minimum atomic E-state index is -0.954. The monoisotopic (exact) mass is 565 g/mol. The Labute approximate surface area is 248 Å². The molecule has 4 atom stereocenters. The van der Waals surface area contributed by atoms with Crippen LogP contribution in [0.4, 0.5) is 4.79 Å². The van der Waals surface area contributed by atoms with Crippen molar-refractivity contribution in [3.8, 4) is 12.3 Å². The molecule has 0 aromatic heterocycles. The molecule has 0 saturated heterocycles. The van der Waals surface area contributed by atoms with E-state index in [-0.39, 0.29) is 30.2 Å². The molecule has 1 fully saturated rings. The lowest BCUT2D eigenvalue weighted by molar-refractivity contribution is -0.143. The summed E-state index contributed by atoms with van der Waals surface area (Å²) >= 11 is 0. The fraction of sp³-hybridized carbons (Fsp3) is 0.343. The summed E-state index contributed by atoms with van der Waals surface area (Å²) in [6, 6.07) is 24.2. The fourth-order valence-corrected chi connectivity index (χ4v) is 4.93. The third kappa shape index (κ3) is 8.23. The highest BCUT2D eigenvalue weighted by molar-refractivity contribution is 5.92. The summed E-state index contributed by atoms with van der Waals surface area (Å²) in [6.45, 7) is 7.67. The molecule has 7 heteroatoms. The number of hydrogen-bond acceptors (Lipinski definition) is 4. The maximum atomic E-state index is 14.5. The quantitative estimate of drug-likeness (QED) is 0.323. The van der Waals surface area contributed by atoms with Crippen LogP contribution < -0.4 is 10.6 Å². The zero-order chi connectivity index (χ0) is 30.3. The molecule has 4 unspecified atom stereocenters. The number of hydrogen-bond donors (Lipinski definition) is 2. The number of carbonyl (C=O) groups excluding carboxylic acids is 3. The molecule has 3 amide bonds. The van der Waals surface area contributed by atoms with Crippen molar-refractivity contribution in [3.63, 3.8) is 0 Å². The van der Waals surface area contributed by atoms with Crippen molar-refractivity contribution in [2.24, 2.45) is 5.92 Å². The predicted molar refractivity (Wildman–Crippen MR) is 163 cm³/mol. The van der Waals surface area contributed by atoms with E-state index in [1.807, 2.05) is 60.7 Å². The van der Waals surface area contributed by atoms with Crippen LogP contribution in [0.25, 0.3) is 0 Å². The Morgan fingerprint density at radius 2 is 1.52 bits per heavy atom. The molecule has 42 heavy (non-hydrogen) atoms. The molecule has 3 aromatic carbocycles. The molecule has 2 N–H and O–H groups in total. The molecular formula is C35H39N3O4. The minimum Gasteiger partial charge on any atom is -0.444 e. The molecule has 218 valence electrons. The van der Waals surface area contributed by atoms with E-state index in [1.54, 1.807) is 49.9 Å². The molecule has 0 spiro atoms. The molecule has 0 heterocycles. The van der Waals surface area contributed by atoms with Gasteiger partial charge in [-0.15, -0.1) is 6.42 Å². The van der Waals surface area contributed by atoms with Gasteiger partial charge in [0.15, 0.2) is 0 Å². The van der Waals surface area contributed by atoms with Crippen LogP contribution in [0.15, 0.2) is 84.9 Å². The van der Waals surface area contributed by atoms with E-state index in [4.69, 9.17) is 11.2 Å². The Morgan fingerprint density at radius 3 is 2.05 bits per heavy atom. The normalized spacial score (nSPS) is 17.2. The van der Waals surface area contributed by atoms with Crippen LogP contribution in [-0.2, 0) is 27.3 Å². The number of carbonyl (C=O) groups is 3. The topological polar surface area (TPSA) is 87.7 Å². The van der Waals surface area contributed by atoms with Gasteiger partial charge in [-0.25, -0.2) is 4.79 Å². The lowest BCUT2D eigenvalue weighted by atomic mass is 9.99. The van der Waals surface area contributed by atoms with Crippen LogP contribution in [0.2, 0.25) is 0 Å². The van der Waals surface area contributed by atoms with Gasteiger partial charge in [-0.3, -0.25) is 9.59 Å². The van der Waals surface area contributed by atoms with Gasteiger partial charge < -0.3 is 20.3 Å². The largest absolute Gasteiger partial charge is 0.444 e. The van der Waals surface area contributed by atoms with Gasteiger partial charge in [0.1, 0.15) is 17.7 Å². The highest BCUT2D eigenvalue weighted by Gasteiger charge is 2.48. The van der Waals surface area contributed by atoms with Crippen LogP contribution in [-0.4, -0.2) is 40.5 Å². The smallest absolute Gasteiger partial charge is 0.408 e. The highest BCUT2D eigenvalue weighted by atomic mass is 16.6. The van der Waals surface area contributed by atoms with E-state index in [1.165, 1.54) is 0 Å². The van der Waals surface area contributed by atoms with Crippen LogP contribution in [0.1, 0.15) is 62.4 Å². The number of rotatable bonds is 10. The summed E-state index contributed by atoms with van der Waals surface area (Å²) in [4.78, 5) is 43.1. The maximum Gasteiger partial charge on any atom is 0.408 e. The van der Waals surface area contributed by atoms with Gasteiger partial charge in [-0.1, -0.05) is 85.6 Å². The average molecular weight is 566 g/mol. The number of terminal acetylenes is 1. The van der Waals surface area contributed by atoms with Gasteiger partial charge in [0.05, 0.1) is 0 Å². The van der Waals surface area contributed by atoms with E-state index in [0.29, 0.717) is 17.7 Å². The van der Waals surface area contributed by atoms with Gasteiger partial charge in [-0.05, 0) is 61.9 Å². The molecule has 0 aliphatic heterocycles. The number of alkyl carbamates (subject to hydrolysis) is 1. The van der Waals surface area contributed by atoms with Crippen molar-refractivity contribution in [1.29, 1.82) is 0 Å². The molecule has 7 nitrogen and oxygen atoms in total. The van der Waals surface area contributed by atoms with Gasteiger partial charge >= 0.3 is 6.09 Å². The zero-order valence-electron chi connectivity index (χ0n) is 24.7. The van der Waals surface area contributed by atoms with Gasteiger partial charge in [0.25, 0.3) is 0 Å². The third-order valence-corrected chi connectivity index (χ3v) is 7.18. The molecule has 1 saturated carbocycles. The first-order valence-corrected chi connectivity index (χ1v) is 14.3. The molecule has 4 rings (SSSR count). The summed E-state index contributed by atoms with van der Waals surface area (Å²) in [5.74, 6) is 2.15. The summed E-state index contributed by atoms with van der Waals surface area (Å²) in [5, 5.41) is 5.84. The van der Waals surface area contributed by atoms with Gasteiger partial charge in [-0.2, -0.15) is 0 Å². The van der Waals surface area contributed by atoms with Crippen molar-refractivity contribution < 1.29 is 19.1 Å². The highest BCUT2D eigenvalue weighted by Crippen LogP contribution is 2.41. The van der Waals surface area contributed by atoms with Crippen molar-refractivity contribution in [2.75, 3.05) is 0 Å². The predicted octanol–water partition coefficient (Wildman–Crippen LogP) is 5.40. The first kappa shape index (κ1) is 30.4. The standard InChI is InChI=1S/C35H39N3O4/c1-6-25-17-19-28(20-18-25)31(32(39)36-23-27-15-11-8-12-16-27)38(30-21-24(30)2)33(40)29(22-26-13-9-7-10-14-26)37-34(41)42-35(3,4)5/h1,7-20,24,29-31H,21-23H2,2-5H3,(H,36,39)(H,37,41). The Kier molecular flexibility index (Phi) is 9.69. The Bertz CT molecular complexity index is 1410. The summed E-state index contributed by atoms with van der Waals surface area (Å²) in [5.41, 5.74) is 2.39. The lowest BCUT2D eigenvalue weighted by Gasteiger charge is -2.35. The van der Waals surface area contributed by atoms with Gasteiger partial charge in [0.2, 0.25) is 11.8 Å². The zero-order valence-corrected chi connectivity index (χ0v) is 24.7. The second kappa shape index (κ2) is 13.4. The fourth-order valence-electron chi connectivity index (χ4n) is 4.93. The second-order valence-electron chi connectivity index (χ2n) is 11.8. The number of ether oxygens (including phenoxy) is 1. The van der Waals surface area contributed by atoms with Crippen molar-refractivity contribution in [3.05, 3.63) is 107 Å². The first-order chi connectivity index (χ1) is 20.1. The van der Waals surface area contributed by atoms with Gasteiger partial charge in [0, 0.05) is 24.6 Å². The van der Waals surface area contributed by atoms with E-state index < -0.39 is 23.8 Å². The number of nitrogens with one attached hydrogen (secondary N) is 2. The summed E-state index contributed by atoms with van der Waals surface area (Å²) < 4.78 is 5.52. The summed E-state index contributed by atoms with van der Waals surface area (Å²) in [7, 11) is 0. The molecule has 0 radical (unpaired) electrons. The Hall–Kier alpha value is -4.57. The van der Waals surface area contributed by atoms with E-state index >= 15 is 0 Å². The maximum absolute atomic E-state index is 14.5. The molecular weight excluding hydrogens is 526 g/mol. The molecule has 0 bridgehead atoms. The van der Waals surface area contributed by atoms with Crippen molar-refractivity contribution >= 4 is 17.9 Å². The van der Waals surface area contributed by atoms with Crippen LogP contribution in [0.3, 0.4) is 0 Å². The third-order valence-electron chi connectivity index (χ3n) is 7.18. The molecule has 1 aliphatic carbocycles. The number of nitrogens with zero attached hydrogens (tertiary/aromatic N) is 1. The average Bonchev–Trinajstić information content (AvgIpc) is 3.69. The SMILES string of the molecule is C#Cc1ccc(C(C(=O)NCc2ccccc2)N(C(=O)C(Cc2ccccc2)NC(=O)OC(C)(C)C)C2CC2C)cc1. The summed E-state index contributed by atoms with van der Waals surface area (Å²) in [6.07, 6.45) is 5.89. The van der Waals surface area contributed by atoms with Crippen molar-refractivity contribution in [1.82, 2.24) is 15.5 Å². The molecule has 1 aliphatic rings. The molecule has 3 aromatic rings. The van der Waals surface area contributed by atoms with E-state index in [2.05, 4.69) is 23.5 Å². The van der Waals surface area contributed by atoms with E-state index in [9.17, 15) is 14.4 Å². The van der Waals surface area contributed by atoms with Crippen LogP contribution in [0.5, 0.6) is 0 Å². The Morgan fingerprint density at radius 1 is 0.952 bits per heavy atom. The van der Waals surface area contributed by atoms with Crippen molar-refractivity contribution in [2.45, 2.75) is 70.8 Å². The second-order valence-corrected chi connectivity index (χ2v) is 11.8. The Balaban J connectivity index is 1.71. The first-order valence-electron chi connectivity index (χ1n) is 14.3. The number of amides is 3. The lowest BCUT2D eigenvalue weighted by Crippen LogP contribution is -2.54. The number of benzene rings is 3.